The van der Waals surface area contributed by atoms with E-state index in [9.17, 15) is 4.79 Å². The Morgan fingerprint density at radius 2 is 1.26 bits per heavy atom. The molecule has 0 aromatic heterocycles. The lowest BCUT2D eigenvalue weighted by molar-refractivity contribution is 0.249. The first kappa shape index (κ1) is 13.0. The molecule has 2 rings (SSSR count). The molecule has 98 valence electrons. The molecule has 2 aromatic rings. The summed E-state index contributed by atoms with van der Waals surface area (Å²) >= 11 is 0. The van der Waals surface area contributed by atoms with Crippen molar-refractivity contribution >= 4 is 17.4 Å². The summed E-state index contributed by atoms with van der Waals surface area (Å²) in [5.74, 6) is 0. The summed E-state index contributed by atoms with van der Waals surface area (Å²) in [5, 5.41) is 1.67. The zero-order valence-electron chi connectivity index (χ0n) is 11.1. The zero-order valence-corrected chi connectivity index (χ0v) is 11.1. The van der Waals surface area contributed by atoms with Gasteiger partial charge in [0.2, 0.25) is 0 Å². The molecule has 19 heavy (non-hydrogen) atoms. The number of nitrogens with two attached hydrogens (primary N) is 1. The van der Waals surface area contributed by atoms with E-state index >= 15 is 0 Å². The molecular weight excluding hydrogens is 238 g/mol. The molecule has 0 saturated heterocycles. The normalized spacial score (nSPS) is 10.0. The third-order valence-corrected chi connectivity index (χ3v) is 2.81. The highest BCUT2D eigenvalue weighted by Gasteiger charge is 2.10. The third kappa shape index (κ3) is 3.25. The van der Waals surface area contributed by atoms with Crippen LogP contribution in [0.5, 0.6) is 0 Å². The molecule has 0 fully saturated rings. The molecule has 0 saturated carbocycles. The number of hydrazine groups is 1. The molecule has 0 aliphatic carbocycles. The molecule has 0 radical (unpaired) electrons. The van der Waals surface area contributed by atoms with E-state index in [0.29, 0.717) is 0 Å². The second kappa shape index (κ2) is 5.44. The minimum Gasteiger partial charge on any atom is -0.350 e. The first-order valence-corrected chi connectivity index (χ1v) is 6.06. The lowest BCUT2D eigenvalue weighted by Crippen LogP contribution is -2.42. The minimum atomic E-state index is -0.596. The van der Waals surface area contributed by atoms with Crippen LogP contribution in [0.4, 0.5) is 16.2 Å². The van der Waals surface area contributed by atoms with Crippen LogP contribution in [0.15, 0.2) is 48.5 Å². The maximum absolute atomic E-state index is 11.2. The number of carbonyl (C=O) groups excluding carboxylic acids is 1. The lowest BCUT2D eigenvalue weighted by Gasteiger charge is -2.24. The van der Waals surface area contributed by atoms with Crippen molar-refractivity contribution in [3.8, 4) is 0 Å². The molecule has 0 bridgehead atoms. The van der Waals surface area contributed by atoms with Crippen molar-refractivity contribution in [3.63, 3.8) is 0 Å². The standard InChI is InChI=1S/C15H17N3O/c1-11-3-7-13(8-4-11)18(17-15(16)19)14-9-5-12(2)6-10-14/h3-10H,1-2H3,(H3,16,17,19). The quantitative estimate of drug-likeness (QED) is 0.828. The van der Waals surface area contributed by atoms with Gasteiger partial charge in [0.25, 0.3) is 0 Å². The summed E-state index contributed by atoms with van der Waals surface area (Å²) in [5.41, 5.74) is 11.9. The summed E-state index contributed by atoms with van der Waals surface area (Å²) in [6.07, 6.45) is 0. The van der Waals surface area contributed by atoms with Crippen LogP contribution < -0.4 is 16.2 Å². The number of primary amides is 1. The number of rotatable bonds is 3. The maximum Gasteiger partial charge on any atom is 0.331 e. The van der Waals surface area contributed by atoms with E-state index in [2.05, 4.69) is 5.43 Å². The number of benzene rings is 2. The van der Waals surface area contributed by atoms with Crippen LogP contribution >= 0.6 is 0 Å². The fourth-order valence-corrected chi connectivity index (χ4v) is 1.78. The average Bonchev–Trinajstić information content (AvgIpc) is 2.38. The second-order valence-electron chi connectivity index (χ2n) is 4.48. The molecule has 0 aliphatic heterocycles. The van der Waals surface area contributed by atoms with Crippen molar-refractivity contribution in [1.29, 1.82) is 0 Å². The summed E-state index contributed by atoms with van der Waals surface area (Å²) in [6, 6.07) is 15.1. The predicted octanol–water partition coefficient (Wildman–Crippen LogP) is 3.02. The lowest BCUT2D eigenvalue weighted by atomic mass is 10.2. The number of aryl methyl sites for hydroxylation is 2. The number of amides is 2. The maximum atomic E-state index is 11.2. The van der Waals surface area contributed by atoms with Gasteiger partial charge >= 0.3 is 6.03 Å². The van der Waals surface area contributed by atoms with Gasteiger partial charge in [-0.25, -0.2) is 10.2 Å². The Bertz CT molecular complexity index is 515. The van der Waals surface area contributed by atoms with Crippen molar-refractivity contribution in [2.24, 2.45) is 5.73 Å². The van der Waals surface area contributed by atoms with Crippen molar-refractivity contribution < 1.29 is 4.79 Å². The first-order valence-electron chi connectivity index (χ1n) is 6.06. The number of anilines is 2. The number of nitrogens with zero attached hydrogens (tertiary/aromatic N) is 1. The Morgan fingerprint density at radius 1 is 0.895 bits per heavy atom. The second-order valence-corrected chi connectivity index (χ2v) is 4.48. The van der Waals surface area contributed by atoms with Gasteiger partial charge < -0.3 is 5.73 Å². The van der Waals surface area contributed by atoms with E-state index in [1.165, 1.54) is 0 Å². The van der Waals surface area contributed by atoms with E-state index in [1.54, 1.807) is 5.01 Å². The molecule has 4 nitrogen and oxygen atoms in total. The topological polar surface area (TPSA) is 58.4 Å². The first-order chi connectivity index (χ1) is 9.06. The van der Waals surface area contributed by atoms with Crippen LogP contribution in [0.3, 0.4) is 0 Å². The van der Waals surface area contributed by atoms with Gasteiger partial charge in [0.1, 0.15) is 0 Å². The molecule has 0 unspecified atom stereocenters. The molecule has 2 amide bonds. The largest absolute Gasteiger partial charge is 0.350 e. The fraction of sp³-hybridized carbons (Fsp3) is 0.133. The number of urea groups is 1. The van der Waals surface area contributed by atoms with Gasteiger partial charge in [-0.05, 0) is 38.1 Å². The van der Waals surface area contributed by atoms with E-state index in [1.807, 2.05) is 62.4 Å². The smallest absolute Gasteiger partial charge is 0.331 e. The molecule has 4 heteroatoms. The summed E-state index contributed by atoms with van der Waals surface area (Å²) in [4.78, 5) is 11.2. The van der Waals surface area contributed by atoms with Crippen LogP contribution in [0.1, 0.15) is 11.1 Å². The van der Waals surface area contributed by atoms with E-state index in [0.717, 1.165) is 22.5 Å². The number of carbonyl (C=O) groups is 1. The Kier molecular flexibility index (Phi) is 3.71. The minimum absolute atomic E-state index is 0.596. The highest BCUT2D eigenvalue weighted by Crippen LogP contribution is 2.23. The Morgan fingerprint density at radius 3 is 1.58 bits per heavy atom. The van der Waals surface area contributed by atoms with Gasteiger partial charge in [0.05, 0.1) is 11.4 Å². The van der Waals surface area contributed by atoms with Crippen LogP contribution in [0.25, 0.3) is 0 Å². The van der Waals surface area contributed by atoms with Crippen molar-refractivity contribution in [2.45, 2.75) is 13.8 Å². The van der Waals surface area contributed by atoms with Gasteiger partial charge in [-0.2, -0.15) is 0 Å². The van der Waals surface area contributed by atoms with Crippen LogP contribution in [-0.2, 0) is 0 Å². The molecule has 0 aliphatic rings. The summed E-state index contributed by atoms with van der Waals surface area (Å²) < 4.78 is 0. The van der Waals surface area contributed by atoms with Crippen LogP contribution in [0.2, 0.25) is 0 Å². The van der Waals surface area contributed by atoms with Gasteiger partial charge in [-0.15, -0.1) is 0 Å². The molecule has 0 atom stereocenters. The molecule has 2 aromatic carbocycles. The molecule has 0 heterocycles. The highest BCUT2D eigenvalue weighted by molar-refractivity contribution is 5.77. The van der Waals surface area contributed by atoms with Gasteiger partial charge in [0.15, 0.2) is 0 Å². The average molecular weight is 255 g/mol. The van der Waals surface area contributed by atoms with Crippen LogP contribution in [0, 0.1) is 13.8 Å². The Labute approximate surface area is 112 Å². The highest BCUT2D eigenvalue weighted by atomic mass is 16.2. The molecule has 0 spiro atoms. The number of hydrogen-bond donors (Lipinski definition) is 2. The fourth-order valence-electron chi connectivity index (χ4n) is 1.78. The van der Waals surface area contributed by atoms with E-state index in [4.69, 9.17) is 5.73 Å². The zero-order chi connectivity index (χ0) is 13.8. The van der Waals surface area contributed by atoms with Crippen LogP contribution in [-0.4, -0.2) is 6.03 Å². The van der Waals surface area contributed by atoms with Gasteiger partial charge in [0, 0.05) is 0 Å². The van der Waals surface area contributed by atoms with E-state index < -0.39 is 6.03 Å². The predicted molar refractivity (Wildman–Crippen MR) is 77.2 cm³/mol. The van der Waals surface area contributed by atoms with Crippen molar-refractivity contribution in [1.82, 2.24) is 5.43 Å². The van der Waals surface area contributed by atoms with Crippen molar-refractivity contribution in [3.05, 3.63) is 59.7 Å². The summed E-state index contributed by atoms with van der Waals surface area (Å²) in [6.45, 7) is 4.03. The van der Waals surface area contributed by atoms with E-state index in [-0.39, 0.29) is 0 Å². The monoisotopic (exact) mass is 255 g/mol. The number of hydrogen-bond acceptors (Lipinski definition) is 2. The van der Waals surface area contributed by atoms with Gasteiger partial charge in [-0.1, -0.05) is 35.4 Å². The SMILES string of the molecule is Cc1ccc(N(NC(N)=O)c2ccc(C)cc2)cc1. The number of nitrogens with one attached hydrogen (secondary N) is 1. The Balaban J connectivity index is 2.37. The molecule has 3 N–H and O–H groups in total. The third-order valence-electron chi connectivity index (χ3n) is 2.81. The van der Waals surface area contributed by atoms with Gasteiger partial charge in [-0.3, -0.25) is 5.01 Å². The molecular formula is C15H17N3O. The summed E-state index contributed by atoms with van der Waals surface area (Å²) in [7, 11) is 0. The Hall–Kier alpha value is -2.49. The van der Waals surface area contributed by atoms with Crippen molar-refractivity contribution in [2.75, 3.05) is 5.01 Å².